The van der Waals surface area contributed by atoms with E-state index < -0.39 is 0 Å². The number of aliphatic imine (C=N–C) groups is 1. The lowest BCUT2D eigenvalue weighted by Gasteiger charge is -2.14. The van der Waals surface area contributed by atoms with E-state index in [0.717, 1.165) is 42.6 Å². The van der Waals surface area contributed by atoms with E-state index in [1.54, 1.807) is 7.11 Å². The molecule has 0 saturated heterocycles. The second-order valence-electron chi connectivity index (χ2n) is 7.81. The molecule has 176 valence electrons. The average Bonchev–Trinajstić information content (AvgIpc) is 3.27. The van der Waals surface area contributed by atoms with Gasteiger partial charge in [-0.3, -0.25) is 0 Å². The highest BCUT2D eigenvalue weighted by Gasteiger charge is 2.08. The Hall–Kier alpha value is -3.32. The minimum atomic E-state index is 0.522. The molecule has 1 heterocycles. The third-order valence-electron chi connectivity index (χ3n) is 5.14. The second-order valence-corrected chi connectivity index (χ2v) is 7.81. The van der Waals surface area contributed by atoms with Gasteiger partial charge in [0.25, 0.3) is 0 Å². The lowest BCUT2D eigenvalue weighted by Crippen LogP contribution is -2.37. The van der Waals surface area contributed by atoms with Crippen LogP contribution in [0.4, 0.5) is 0 Å². The van der Waals surface area contributed by atoms with Gasteiger partial charge in [-0.15, -0.1) is 0 Å². The van der Waals surface area contributed by atoms with Crippen molar-refractivity contribution in [2.75, 3.05) is 26.9 Å². The number of aryl methyl sites for hydroxylation is 1. The van der Waals surface area contributed by atoms with E-state index in [9.17, 15) is 0 Å². The van der Waals surface area contributed by atoms with E-state index in [1.165, 1.54) is 11.1 Å². The smallest absolute Gasteiger partial charge is 0.191 e. The summed E-state index contributed by atoms with van der Waals surface area (Å²) in [6.45, 7) is 8.11. The zero-order valence-corrected chi connectivity index (χ0v) is 19.9. The minimum Gasteiger partial charge on any atom is -0.493 e. The topological polar surface area (TPSA) is 72.7 Å². The Kier molecular flexibility index (Phi) is 9.79. The molecule has 0 aliphatic carbocycles. The highest BCUT2D eigenvalue weighted by molar-refractivity contribution is 5.79. The summed E-state index contributed by atoms with van der Waals surface area (Å²) in [7, 11) is 1.70. The molecule has 2 aromatic carbocycles. The van der Waals surface area contributed by atoms with Crippen LogP contribution in [0.5, 0.6) is 5.75 Å². The number of hydrogen-bond acceptors (Lipinski definition) is 4. The molecule has 0 saturated carbocycles. The molecule has 0 fully saturated rings. The van der Waals surface area contributed by atoms with Crippen LogP contribution in [0.2, 0.25) is 0 Å². The van der Waals surface area contributed by atoms with Crippen LogP contribution in [-0.4, -0.2) is 42.4 Å². The van der Waals surface area contributed by atoms with Crippen LogP contribution in [0.15, 0.2) is 65.9 Å². The first-order chi connectivity index (χ1) is 16.2. The van der Waals surface area contributed by atoms with Crippen molar-refractivity contribution in [3.8, 4) is 5.75 Å². The number of benzene rings is 2. The summed E-state index contributed by atoms with van der Waals surface area (Å²) in [5, 5.41) is 6.73. The molecule has 0 spiro atoms. The number of ether oxygens (including phenoxy) is 2. The number of nitrogens with one attached hydrogen (secondary N) is 2. The first-order valence-electron chi connectivity index (χ1n) is 11.5. The van der Waals surface area contributed by atoms with Gasteiger partial charge >= 0.3 is 0 Å². The maximum atomic E-state index is 6.00. The molecule has 3 rings (SSSR count). The van der Waals surface area contributed by atoms with Gasteiger partial charge in [-0.05, 0) is 31.0 Å². The maximum absolute atomic E-state index is 6.00. The molecular formula is C26H35N5O2. The predicted octanol–water partition coefficient (Wildman–Crippen LogP) is 3.91. The molecule has 1 aromatic heterocycles. The Morgan fingerprint density at radius 1 is 1.09 bits per heavy atom. The first kappa shape index (κ1) is 24.3. The largest absolute Gasteiger partial charge is 0.493 e. The number of hydrogen-bond donors (Lipinski definition) is 2. The monoisotopic (exact) mass is 449 g/mol. The van der Waals surface area contributed by atoms with E-state index in [0.29, 0.717) is 26.3 Å². The van der Waals surface area contributed by atoms with Crippen molar-refractivity contribution in [2.45, 2.75) is 39.9 Å². The van der Waals surface area contributed by atoms with Gasteiger partial charge in [0.15, 0.2) is 5.96 Å². The Morgan fingerprint density at radius 2 is 1.94 bits per heavy atom. The van der Waals surface area contributed by atoms with Crippen molar-refractivity contribution in [1.82, 2.24) is 20.2 Å². The fourth-order valence-electron chi connectivity index (χ4n) is 3.41. The molecule has 3 aromatic rings. The highest BCUT2D eigenvalue weighted by atomic mass is 16.5. The molecule has 0 amide bonds. The van der Waals surface area contributed by atoms with E-state index in [1.807, 2.05) is 18.5 Å². The van der Waals surface area contributed by atoms with Gasteiger partial charge in [0.2, 0.25) is 0 Å². The normalized spacial score (nSPS) is 11.4. The van der Waals surface area contributed by atoms with Gasteiger partial charge in [-0.1, -0.05) is 42.5 Å². The van der Waals surface area contributed by atoms with Gasteiger partial charge < -0.3 is 24.7 Å². The Balaban J connectivity index is 1.63. The number of aromatic nitrogens is 2. The zero-order valence-electron chi connectivity index (χ0n) is 19.9. The molecule has 7 heteroatoms. The molecule has 0 aliphatic rings. The molecule has 33 heavy (non-hydrogen) atoms. The summed E-state index contributed by atoms with van der Waals surface area (Å²) in [4.78, 5) is 9.31. The summed E-state index contributed by atoms with van der Waals surface area (Å²) in [6.07, 6.45) is 4.70. The van der Waals surface area contributed by atoms with Gasteiger partial charge in [-0.2, -0.15) is 0 Å². The van der Waals surface area contributed by atoms with Crippen LogP contribution < -0.4 is 15.4 Å². The van der Waals surface area contributed by atoms with E-state index in [-0.39, 0.29) is 0 Å². The number of methoxy groups -OCH3 is 1. The fraction of sp³-hybridized carbons (Fsp3) is 0.385. The third kappa shape index (κ3) is 7.95. The van der Waals surface area contributed by atoms with Crippen LogP contribution in [0.25, 0.3) is 0 Å². The summed E-state index contributed by atoms with van der Waals surface area (Å²) >= 11 is 0. The summed E-state index contributed by atoms with van der Waals surface area (Å²) < 4.78 is 13.3. The lowest BCUT2D eigenvalue weighted by atomic mass is 10.1. The van der Waals surface area contributed by atoms with Crippen molar-refractivity contribution < 1.29 is 9.47 Å². The molecule has 0 aliphatic heterocycles. The van der Waals surface area contributed by atoms with Crippen LogP contribution in [0.1, 0.15) is 35.9 Å². The molecule has 0 bridgehead atoms. The SMILES string of the molecule is CCNC(=NCc1ccc(C)cc1OCCCOC)NCc1nccn1Cc1ccccc1. The van der Waals surface area contributed by atoms with Crippen molar-refractivity contribution in [3.63, 3.8) is 0 Å². The zero-order chi connectivity index (χ0) is 23.3. The molecule has 2 N–H and O–H groups in total. The van der Waals surface area contributed by atoms with Gasteiger partial charge in [-0.25, -0.2) is 9.98 Å². The highest BCUT2D eigenvalue weighted by Crippen LogP contribution is 2.21. The number of rotatable bonds is 12. The van der Waals surface area contributed by atoms with Gasteiger partial charge in [0.05, 0.1) is 19.7 Å². The molecular weight excluding hydrogens is 414 g/mol. The van der Waals surface area contributed by atoms with E-state index in [2.05, 4.69) is 76.5 Å². The van der Waals surface area contributed by atoms with Crippen molar-refractivity contribution in [2.24, 2.45) is 4.99 Å². The van der Waals surface area contributed by atoms with Crippen molar-refractivity contribution in [3.05, 3.63) is 83.4 Å². The Labute approximate surface area is 196 Å². The predicted molar refractivity (Wildman–Crippen MR) is 133 cm³/mol. The summed E-state index contributed by atoms with van der Waals surface area (Å²) in [6, 6.07) is 16.6. The molecule has 0 unspecified atom stereocenters. The van der Waals surface area contributed by atoms with Gasteiger partial charge in [0.1, 0.15) is 11.6 Å². The number of nitrogens with zero attached hydrogens (tertiary/aromatic N) is 3. The number of imidazole rings is 1. The van der Waals surface area contributed by atoms with Crippen molar-refractivity contribution in [1.29, 1.82) is 0 Å². The van der Waals surface area contributed by atoms with E-state index in [4.69, 9.17) is 14.5 Å². The fourth-order valence-corrected chi connectivity index (χ4v) is 3.41. The average molecular weight is 450 g/mol. The first-order valence-corrected chi connectivity index (χ1v) is 11.5. The van der Waals surface area contributed by atoms with Crippen molar-refractivity contribution >= 4 is 5.96 Å². The number of guanidine groups is 1. The standard InChI is InChI=1S/C26H35N5O2/c1-4-27-26(29-18-23-12-11-21(2)17-24(23)33-16-8-15-32-3)30-19-25-28-13-14-31(25)20-22-9-6-5-7-10-22/h5-7,9-14,17H,4,8,15-16,18-20H2,1-3H3,(H2,27,29,30). The molecule has 0 radical (unpaired) electrons. The summed E-state index contributed by atoms with van der Waals surface area (Å²) in [5.41, 5.74) is 3.47. The van der Waals surface area contributed by atoms with Crippen LogP contribution in [0.3, 0.4) is 0 Å². The van der Waals surface area contributed by atoms with Crippen LogP contribution >= 0.6 is 0 Å². The maximum Gasteiger partial charge on any atom is 0.191 e. The van der Waals surface area contributed by atoms with Crippen LogP contribution in [-0.2, 0) is 24.4 Å². The lowest BCUT2D eigenvalue weighted by molar-refractivity contribution is 0.172. The van der Waals surface area contributed by atoms with Crippen LogP contribution in [0, 0.1) is 6.92 Å². The van der Waals surface area contributed by atoms with Gasteiger partial charge in [0, 0.05) is 51.2 Å². The quantitative estimate of drug-likeness (QED) is 0.249. The van der Waals surface area contributed by atoms with E-state index >= 15 is 0 Å². The Bertz CT molecular complexity index is 1000. The molecule has 7 nitrogen and oxygen atoms in total. The summed E-state index contributed by atoms with van der Waals surface area (Å²) in [5.74, 6) is 2.59. The second kappa shape index (κ2) is 13.3. The Morgan fingerprint density at radius 3 is 2.73 bits per heavy atom. The third-order valence-corrected chi connectivity index (χ3v) is 5.14. The minimum absolute atomic E-state index is 0.522. The molecule has 0 atom stereocenters.